The van der Waals surface area contributed by atoms with E-state index >= 15 is 0 Å². The molecule has 3 aromatic rings. The van der Waals surface area contributed by atoms with Crippen LogP contribution in [-0.2, 0) is 26.2 Å². The van der Waals surface area contributed by atoms with Crippen LogP contribution in [0, 0.1) is 12.8 Å². The maximum absolute atomic E-state index is 13.9. The maximum Gasteiger partial charge on any atom is 0.264 e. The van der Waals surface area contributed by atoms with Gasteiger partial charge >= 0.3 is 0 Å². The van der Waals surface area contributed by atoms with Gasteiger partial charge in [0.05, 0.1) is 10.6 Å². The number of nitrogens with zero attached hydrogens (tertiary/aromatic N) is 2. The van der Waals surface area contributed by atoms with E-state index in [1.807, 2.05) is 45.0 Å². The van der Waals surface area contributed by atoms with E-state index in [0.717, 1.165) is 19.9 Å². The predicted octanol–water partition coefficient (Wildman–Crippen LogP) is 5.14. The number of benzene rings is 3. The first-order valence-electron chi connectivity index (χ1n) is 12.4. The van der Waals surface area contributed by atoms with Crippen LogP contribution >= 0.6 is 15.9 Å². The van der Waals surface area contributed by atoms with Crippen molar-refractivity contribution in [3.8, 4) is 0 Å². The summed E-state index contributed by atoms with van der Waals surface area (Å²) in [4.78, 5) is 28.4. The molecule has 0 radical (unpaired) electrons. The normalized spacial score (nSPS) is 12.2. The van der Waals surface area contributed by atoms with Crippen molar-refractivity contribution < 1.29 is 18.0 Å². The smallest absolute Gasteiger partial charge is 0.264 e. The van der Waals surface area contributed by atoms with Crippen molar-refractivity contribution in [3.05, 3.63) is 94.5 Å². The number of anilines is 1. The molecule has 0 aliphatic carbocycles. The lowest BCUT2D eigenvalue weighted by Gasteiger charge is -2.32. The van der Waals surface area contributed by atoms with Crippen LogP contribution in [0.2, 0.25) is 0 Å². The molecule has 202 valence electrons. The minimum Gasteiger partial charge on any atom is -0.354 e. The Morgan fingerprint density at radius 2 is 1.58 bits per heavy atom. The number of hydrogen-bond acceptors (Lipinski definition) is 4. The summed E-state index contributed by atoms with van der Waals surface area (Å²) in [7, 11) is -4.07. The number of nitrogens with one attached hydrogen (secondary N) is 1. The summed E-state index contributed by atoms with van der Waals surface area (Å²) in [5, 5.41) is 2.89. The SMILES string of the molecule is Cc1ccc(S(=O)(=O)N(CC(=O)N(Cc2cccc(Br)c2)[C@H](C)C(=O)NCC(C)C)c2ccccc2)cc1. The molecule has 3 rings (SSSR count). The molecule has 9 heteroatoms. The Hall–Kier alpha value is -3.17. The molecule has 0 saturated carbocycles. The van der Waals surface area contributed by atoms with E-state index in [2.05, 4.69) is 21.2 Å². The molecule has 3 aromatic carbocycles. The number of aryl methyl sites for hydroxylation is 1. The highest BCUT2D eigenvalue weighted by molar-refractivity contribution is 9.10. The largest absolute Gasteiger partial charge is 0.354 e. The van der Waals surface area contributed by atoms with Crippen molar-refractivity contribution in [3.63, 3.8) is 0 Å². The molecule has 0 aromatic heterocycles. The van der Waals surface area contributed by atoms with Crippen LogP contribution in [0.15, 0.2) is 88.2 Å². The van der Waals surface area contributed by atoms with Crippen LogP contribution < -0.4 is 9.62 Å². The van der Waals surface area contributed by atoms with Gasteiger partial charge in [0, 0.05) is 17.6 Å². The molecule has 0 fully saturated rings. The van der Waals surface area contributed by atoms with Crippen molar-refractivity contribution in [2.45, 2.75) is 45.2 Å². The summed E-state index contributed by atoms with van der Waals surface area (Å²) < 4.78 is 29.5. The van der Waals surface area contributed by atoms with Crippen molar-refractivity contribution in [1.29, 1.82) is 0 Å². The molecule has 0 spiro atoms. The number of carbonyl (C=O) groups is 2. The van der Waals surface area contributed by atoms with E-state index in [4.69, 9.17) is 0 Å². The van der Waals surface area contributed by atoms with E-state index in [-0.39, 0.29) is 23.3 Å². The first-order chi connectivity index (χ1) is 18.0. The van der Waals surface area contributed by atoms with Crippen LogP contribution in [0.5, 0.6) is 0 Å². The standard InChI is InChI=1S/C29H34BrN3O4S/c1-21(2)18-31-29(35)23(4)32(19-24-9-8-10-25(30)17-24)28(34)20-33(26-11-6-5-7-12-26)38(36,37)27-15-13-22(3)14-16-27/h5-17,21,23H,18-20H2,1-4H3,(H,31,35)/t23-/m1/s1. The third-order valence-corrected chi connectivity index (χ3v) is 8.31. The van der Waals surface area contributed by atoms with Crippen LogP contribution in [0.25, 0.3) is 0 Å². The number of amides is 2. The van der Waals surface area contributed by atoms with Crippen molar-refractivity contribution in [2.24, 2.45) is 5.92 Å². The first-order valence-corrected chi connectivity index (χ1v) is 14.7. The van der Waals surface area contributed by atoms with Crippen LogP contribution in [-0.4, -0.2) is 44.3 Å². The van der Waals surface area contributed by atoms with Crippen LogP contribution in [0.1, 0.15) is 31.9 Å². The fourth-order valence-electron chi connectivity index (χ4n) is 3.83. The second-order valence-corrected chi connectivity index (χ2v) is 12.4. The molecule has 0 aliphatic heterocycles. The summed E-state index contributed by atoms with van der Waals surface area (Å²) in [5.41, 5.74) is 2.09. The summed E-state index contributed by atoms with van der Waals surface area (Å²) in [5.74, 6) is -0.542. The molecule has 0 saturated heterocycles. The topological polar surface area (TPSA) is 86.8 Å². The molecule has 0 aliphatic rings. The van der Waals surface area contributed by atoms with Gasteiger partial charge in [-0.25, -0.2) is 8.42 Å². The maximum atomic E-state index is 13.9. The Kier molecular flexibility index (Phi) is 10.1. The zero-order chi connectivity index (χ0) is 27.9. The number of rotatable bonds is 11. The quantitative estimate of drug-likeness (QED) is 0.330. The van der Waals surface area contributed by atoms with Crippen LogP contribution in [0.4, 0.5) is 5.69 Å². The zero-order valence-electron chi connectivity index (χ0n) is 22.1. The zero-order valence-corrected chi connectivity index (χ0v) is 24.5. The highest BCUT2D eigenvalue weighted by Crippen LogP contribution is 2.25. The summed E-state index contributed by atoms with van der Waals surface area (Å²) >= 11 is 3.45. The Morgan fingerprint density at radius 3 is 2.18 bits per heavy atom. The Balaban J connectivity index is 1.98. The highest BCUT2D eigenvalue weighted by Gasteiger charge is 2.32. The summed E-state index contributed by atoms with van der Waals surface area (Å²) in [6.07, 6.45) is 0. The lowest BCUT2D eigenvalue weighted by molar-refractivity contribution is -0.139. The monoisotopic (exact) mass is 599 g/mol. The van der Waals surface area contributed by atoms with E-state index < -0.39 is 28.5 Å². The molecule has 0 unspecified atom stereocenters. The number of hydrogen-bond donors (Lipinski definition) is 1. The van der Waals surface area contributed by atoms with Gasteiger partial charge in [0.1, 0.15) is 12.6 Å². The summed E-state index contributed by atoms with van der Waals surface area (Å²) in [6, 6.07) is 21.7. The minimum atomic E-state index is -4.07. The van der Waals surface area contributed by atoms with Crippen LogP contribution in [0.3, 0.4) is 0 Å². The average Bonchev–Trinajstić information content (AvgIpc) is 2.89. The molecule has 7 nitrogen and oxygen atoms in total. The molecule has 1 N–H and O–H groups in total. The molecule has 0 bridgehead atoms. The predicted molar refractivity (Wildman–Crippen MR) is 154 cm³/mol. The average molecular weight is 601 g/mol. The Bertz CT molecular complexity index is 1350. The Labute approximate surface area is 234 Å². The minimum absolute atomic E-state index is 0.0843. The fourth-order valence-corrected chi connectivity index (χ4v) is 5.69. The van der Waals surface area contributed by atoms with E-state index in [1.54, 1.807) is 49.4 Å². The molecule has 2 amide bonds. The van der Waals surface area contributed by atoms with Gasteiger partial charge in [-0.3, -0.25) is 13.9 Å². The Morgan fingerprint density at radius 1 is 0.921 bits per heavy atom. The van der Waals surface area contributed by atoms with Gasteiger partial charge in [0.25, 0.3) is 10.0 Å². The molecular formula is C29H34BrN3O4S. The van der Waals surface area contributed by atoms with E-state index in [9.17, 15) is 18.0 Å². The number of carbonyl (C=O) groups excluding carboxylic acids is 2. The van der Waals surface area contributed by atoms with Gasteiger partial charge in [-0.15, -0.1) is 0 Å². The van der Waals surface area contributed by atoms with E-state index in [0.29, 0.717) is 12.2 Å². The van der Waals surface area contributed by atoms with Gasteiger partial charge in [-0.05, 0) is 61.7 Å². The van der Waals surface area contributed by atoms with Crippen molar-refractivity contribution in [2.75, 3.05) is 17.4 Å². The number of para-hydroxylation sites is 1. The van der Waals surface area contributed by atoms with Gasteiger partial charge < -0.3 is 10.2 Å². The number of halogens is 1. The fraction of sp³-hybridized carbons (Fsp3) is 0.310. The number of sulfonamides is 1. The molecule has 1 atom stereocenters. The lowest BCUT2D eigenvalue weighted by atomic mass is 10.1. The van der Waals surface area contributed by atoms with Gasteiger partial charge in [-0.1, -0.05) is 77.8 Å². The molecule has 38 heavy (non-hydrogen) atoms. The second-order valence-electron chi connectivity index (χ2n) is 9.63. The molecule has 0 heterocycles. The van der Waals surface area contributed by atoms with E-state index in [1.165, 1.54) is 17.0 Å². The van der Waals surface area contributed by atoms with Gasteiger partial charge in [0.2, 0.25) is 11.8 Å². The lowest BCUT2D eigenvalue weighted by Crippen LogP contribution is -2.51. The third-order valence-electron chi connectivity index (χ3n) is 6.03. The van der Waals surface area contributed by atoms with Crippen molar-refractivity contribution >= 4 is 43.5 Å². The highest BCUT2D eigenvalue weighted by atomic mass is 79.9. The second kappa shape index (κ2) is 13.1. The first kappa shape index (κ1) is 29.4. The van der Waals surface area contributed by atoms with Crippen molar-refractivity contribution in [1.82, 2.24) is 10.2 Å². The summed E-state index contributed by atoms with van der Waals surface area (Å²) in [6.45, 7) is 7.66. The molecular weight excluding hydrogens is 566 g/mol. The van der Waals surface area contributed by atoms with Gasteiger partial charge in [-0.2, -0.15) is 0 Å². The third kappa shape index (κ3) is 7.68. The van der Waals surface area contributed by atoms with Gasteiger partial charge in [0.15, 0.2) is 0 Å².